The average Bonchev–Trinajstić information content (AvgIpc) is 3.51. The van der Waals surface area contributed by atoms with Crippen LogP contribution in [0.25, 0.3) is 22.1 Å². The van der Waals surface area contributed by atoms with Gasteiger partial charge in [0.2, 0.25) is 0 Å². The maximum absolute atomic E-state index is 13.3. The van der Waals surface area contributed by atoms with E-state index in [9.17, 15) is 8.42 Å². The van der Waals surface area contributed by atoms with Gasteiger partial charge in [-0.3, -0.25) is 4.90 Å². The first-order chi connectivity index (χ1) is 17.0. The molecule has 0 aliphatic carbocycles. The summed E-state index contributed by atoms with van der Waals surface area (Å²) in [7, 11) is -3.74. The third-order valence-corrected chi connectivity index (χ3v) is 8.80. The summed E-state index contributed by atoms with van der Waals surface area (Å²) in [5, 5.41) is 0.805. The molecule has 1 aliphatic rings. The zero-order valence-electron chi connectivity index (χ0n) is 19.5. The summed E-state index contributed by atoms with van der Waals surface area (Å²) in [5.41, 5.74) is 3.50. The first-order valence-electron chi connectivity index (χ1n) is 11.9. The summed E-state index contributed by atoms with van der Waals surface area (Å²) in [6.07, 6.45) is 7.18. The van der Waals surface area contributed by atoms with Crippen molar-refractivity contribution >= 4 is 32.1 Å². The third kappa shape index (κ3) is 3.83. The first-order valence-corrected chi connectivity index (χ1v) is 13.4. The lowest BCUT2D eigenvalue weighted by Gasteiger charge is -2.38. The molecule has 35 heavy (non-hydrogen) atoms. The second-order valence-electron chi connectivity index (χ2n) is 9.29. The van der Waals surface area contributed by atoms with Crippen LogP contribution in [0.4, 0.5) is 0 Å². The molecule has 5 aromatic rings. The van der Waals surface area contributed by atoms with Crippen LogP contribution in [0.2, 0.25) is 0 Å². The maximum atomic E-state index is 13.3. The van der Waals surface area contributed by atoms with Crippen LogP contribution in [-0.4, -0.2) is 44.4 Å². The molecule has 0 N–H and O–H groups in total. The number of fused-ring (bicyclic) bond motifs is 3. The van der Waals surface area contributed by atoms with Gasteiger partial charge in [-0.15, -0.1) is 0 Å². The fourth-order valence-corrected chi connectivity index (χ4v) is 6.59. The number of benzene rings is 2. The summed E-state index contributed by atoms with van der Waals surface area (Å²) >= 11 is 0. The van der Waals surface area contributed by atoms with Crippen molar-refractivity contribution in [3.8, 4) is 0 Å². The average molecular weight is 486 g/mol. The SMILES string of the molecule is CC1CC(n2cnc3cnc4c(ccn4S(=O)(=O)c4ccccc4)c32)CCN1Cc1ccccc1. The third-order valence-electron chi connectivity index (χ3n) is 7.12. The quantitative estimate of drug-likeness (QED) is 0.356. The Morgan fingerprint density at radius 2 is 1.71 bits per heavy atom. The van der Waals surface area contributed by atoms with Crippen molar-refractivity contribution in [1.82, 2.24) is 23.4 Å². The molecule has 2 unspecified atom stereocenters. The molecule has 6 rings (SSSR count). The predicted octanol–water partition coefficient (Wildman–Crippen LogP) is 4.85. The highest BCUT2D eigenvalue weighted by atomic mass is 32.2. The van der Waals surface area contributed by atoms with Gasteiger partial charge in [0.15, 0.2) is 5.65 Å². The predicted molar refractivity (Wildman–Crippen MR) is 137 cm³/mol. The highest BCUT2D eigenvalue weighted by Gasteiger charge is 2.28. The highest BCUT2D eigenvalue weighted by molar-refractivity contribution is 7.90. The molecule has 1 saturated heterocycles. The van der Waals surface area contributed by atoms with Gasteiger partial charge in [0, 0.05) is 36.8 Å². The van der Waals surface area contributed by atoms with Gasteiger partial charge < -0.3 is 4.57 Å². The van der Waals surface area contributed by atoms with Crippen molar-refractivity contribution in [2.45, 2.75) is 43.3 Å². The Kier molecular flexibility index (Phi) is 5.42. The van der Waals surface area contributed by atoms with Crippen LogP contribution in [0.1, 0.15) is 31.4 Å². The van der Waals surface area contributed by atoms with E-state index < -0.39 is 10.0 Å². The summed E-state index contributed by atoms with van der Waals surface area (Å²) in [4.78, 5) is 11.9. The molecule has 1 aliphatic heterocycles. The van der Waals surface area contributed by atoms with Gasteiger partial charge in [-0.2, -0.15) is 0 Å². The van der Waals surface area contributed by atoms with E-state index in [0.29, 0.717) is 17.7 Å². The fourth-order valence-electron chi connectivity index (χ4n) is 5.26. The largest absolute Gasteiger partial charge is 0.327 e. The molecule has 0 amide bonds. The Morgan fingerprint density at radius 3 is 2.46 bits per heavy atom. The lowest BCUT2D eigenvalue weighted by Crippen LogP contribution is -2.40. The molecule has 4 heterocycles. The van der Waals surface area contributed by atoms with Crippen LogP contribution in [0.3, 0.4) is 0 Å². The van der Waals surface area contributed by atoms with Crippen molar-refractivity contribution in [1.29, 1.82) is 0 Å². The monoisotopic (exact) mass is 485 g/mol. The van der Waals surface area contributed by atoms with Gasteiger partial charge in [0.25, 0.3) is 10.0 Å². The van der Waals surface area contributed by atoms with E-state index in [1.807, 2.05) is 12.4 Å². The lowest BCUT2D eigenvalue weighted by molar-refractivity contribution is 0.120. The second-order valence-corrected chi connectivity index (χ2v) is 11.1. The van der Waals surface area contributed by atoms with Gasteiger partial charge in [0.05, 0.1) is 22.9 Å². The summed E-state index contributed by atoms with van der Waals surface area (Å²) in [6, 6.07) is 21.6. The minimum atomic E-state index is -3.74. The van der Waals surface area contributed by atoms with Gasteiger partial charge in [-0.05, 0) is 43.5 Å². The molecule has 7 nitrogen and oxygen atoms in total. The van der Waals surface area contributed by atoms with Crippen LogP contribution in [0.5, 0.6) is 0 Å². The molecule has 0 saturated carbocycles. The van der Waals surface area contributed by atoms with Crippen molar-refractivity contribution in [2.75, 3.05) is 6.54 Å². The van der Waals surface area contributed by atoms with E-state index in [1.54, 1.807) is 42.7 Å². The lowest BCUT2D eigenvalue weighted by atomic mass is 9.97. The Bertz CT molecular complexity index is 1590. The molecule has 2 atom stereocenters. The number of pyridine rings is 1. The number of aromatic nitrogens is 4. The molecule has 0 radical (unpaired) electrons. The molecule has 3 aromatic heterocycles. The minimum Gasteiger partial charge on any atom is -0.327 e. The van der Waals surface area contributed by atoms with Gasteiger partial charge >= 0.3 is 0 Å². The summed E-state index contributed by atoms with van der Waals surface area (Å²) in [6.45, 7) is 4.24. The first kappa shape index (κ1) is 22.0. The van der Waals surface area contributed by atoms with E-state index in [0.717, 1.165) is 42.4 Å². The van der Waals surface area contributed by atoms with Crippen molar-refractivity contribution in [3.63, 3.8) is 0 Å². The van der Waals surface area contributed by atoms with Crippen LogP contribution < -0.4 is 0 Å². The topological polar surface area (TPSA) is 73.0 Å². The van der Waals surface area contributed by atoms with E-state index in [4.69, 9.17) is 0 Å². The number of piperidine rings is 1. The molecule has 8 heteroatoms. The van der Waals surface area contributed by atoms with Crippen molar-refractivity contribution in [2.24, 2.45) is 0 Å². The smallest absolute Gasteiger partial charge is 0.269 e. The fraction of sp³-hybridized carbons (Fsp3) is 0.259. The minimum absolute atomic E-state index is 0.243. The molecule has 2 aromatic carbocycles. The van der Waals surface area contributed by atoms with Crippen LogP contribution in [0.15, 0.2) is 90.3 Å². The summed E-state index contributed by atoms with van der Waals surface area (Å²) in [5.74, 6) is 0. The van der Waals surface area contributed by atoms with Crippen LogP contribution in [0, 0.1) is 0 Å². The molecule has 0 bridgehead atoms. The Morgan fingerprint density at radius 1 is 0.971 bits per heavy atom. The van der Waals surface area contributed by atoms with Crippen molar-refractivity contribution < 1.29 is 8.42 Å². The van der Waals surface area contributed by atoms with Gasteiger partial charge in [-0.1, -0.05) is 48.5 Å². The number of hydrogen-bond donors (Lipinski definition) is 0. The Labute approximate surface area is 204 Å². The number of nitrogens with zero attached hydrogens (tertiary/aromatic N) is 5. The van der Waals surface area contributed by atoms with Gasteiger partial charge in [-0.25, -0.2) is 22.4 Å². The second kappa shape index (κ2) is 8.62. The van der Waals surface area contributed by atoms with Crippen LogP contribution >= 0.6 is 0 Å². The van der Waals surface area contributed by atoms with Crippen LogP contribution in [-0.2, 0) is 16.6 Å². The van der Waals surface area contributed by atoms with E-state index in [-0.39, 0.29) is 4.90 Å². The van der Waals surface area contributed by atoms with Crippen molar-refractivity contribution in [3.05, 3.63) is 91.0 Å². The Hall–Kier alpha value is -3.49. The number of imidazole rings is 1. The van der Waals surface area contributed by atoms with E-state index >= 15 is 0 Å². The molecule has 0 spiro atoms. The highest BCUT2D eigenvalue weighted by Crippen LogP contribution is 2.34. The number of rotatable bonds is 5. The zero-order valence-corrected chi connectivity index (χ0v) is 20.3. The standard InChI is InChI=1S/C27H27N5O2S/c1-20-16-22(12-14-30(20)18-21-8-4-2-5-9-21)31-19-29-25-17-28-27-24(26(25)31)13-15-32(27)35(33,34)23-10-6-3-7-11-23/h2-11,13,15,17,19-20,22H,12,14,16,18H2,1H3. The van der Waals surface area contributed by atoms with E-state index in [1.165, 1.54) is 9.54 Å². The molecule has 178 valence electrons. The van der Waals surface area contributed by atoms with Gasteiger partial charge in [0.1, 0.15) is 5.52 Å². The number of hydrogen-bond acceptors (Lipinski definition) is 5. The normalized spacial score (nSPS) is 19.5. The zero-order chi connectivity index (χ0) is 24.0. The summed E-state index contributed by atoms with van der Waals surface area (Å²) < 4.78 is 30.1. The molecular weight excluding hydrogens is 458 g/mol. The van der Waals surface area contributed by atoms with E-state index in [2.05, 4.69) is 56.7 Å². The Balaban J connectivity index is 1.34. The molecule has 1 fully saturated rings. The maximum Gasteiger partial charge on any atom is 0.269 e. The molecular formula is C27H27N5O2S. The number of likely N-dealkylation sites (tertiary alicyclic amines) is 1.